The summed E-state index contributed by atoms with van der Waals surface area (Å²) in [5.41, 5.74) is 3.65. The quantitative estimate of drug-likeness (QED) is 0.236. The highest BCUT2D eigenvalue weighted by molar-refractivity contribution is 5.73. The summed E-state index contributed by atoms with van der Waals surface area (Å²) < 4.78 is 9.50. The minimum absolute atomic E-state index is 0.109. The lowest BCUT2D eigenvalue weighted by atomic mass is 9.33. The maximum Gasteiger partial charge on any atom is 0.306 e. The normalized spacial score (nSPS) is 40.9. The van der Waals surface area contributed by atoms with Gasteiger partial charge in [0.15, 0.2) is 0 Å². The van der Waals surface area contributed by atoms with Crippen molar-refractivity contribution in [2.24, 2.45) is 51.2 Å². The van der Waals surface area contributed by atoms with Crippen LogP contribution in [-0.4, -0.2) is 64.9 Å². The number of carboxylic acids is 1. The minimum atomic E-state index is -0.650. The Morgan fingerprint density at radius 3 is 2.19 bits per heavy atom. The number of alkyl halides is 1. The number of halogens is 1. The maximum absolute atomic E-state index is 11.8. The number of nitrogens with zero attached hydrogens (tertiary/aromatic N) is 1. The highest BCUT2D eigenvalue weighted by atomic mass is 19.1. The van der Waals surface area contributed by atoms with E-state index in [2.05, 4.69) is 58.7 Å². The number of allylic oxidation sites excluding steroid dienone is 5. The van der Waals surface area contributed by atoms with Gasteiger partial charge in [-0.1, -0.05) is 59.3 Å². The Morgan fingerprint density at radius 2 is 1.58 bits per heavy atom. The van der Waals surface area contributed by atoms with Crippen LogP contribution in [0.5, 0.6) is 0 Å². The topological polar surface area (TPSA) is 89.9 Å². The molecule has 1 amide bonds. The molecule has 8 unspecified atom stereocenters. The first-order chi connectivity index (χ1) is 25.0. The van der Waals surface area contributed by atoms with E-state index in [9.17, 15) is 24.2 Å². The lowest BCUT2D eigenvalue weighted by molar-refractivity contribution is -0.218. The van der Waals surface area contributed by atoms with E-state index in [-0.39, 0.29) is 22.8 Å². The second-order valence-electron chi connectivity index (χ2n) is 19.7. The van der Waals surface area contributed by atoms with E-state index in [1.807, 2.05) is 11.8 Å². The molecule has 300 valence electrons. The summed E-state index contributed by atoms with van der Waals surface area (Å²) >= 11 is 0. The fraction of sp³-hybridized carbons (Fsp3) is 0.826. The fourth-order valence-corrected chi connectivity index (χ4v) is 14.4. The van der Waals surface area contributed by atoms with Crippen molar-refractivity contribution in [3.8, 4) is 0 Å². The monoisotopic (exact) mass is 739 g/mol. The predicted octanol–water partition coefficient (Wildman–Crippen LogP) is 10.1. The highest BCUT2D eigenvalue weighted by Crippen LogP contribution is 2.76. The molecule has 1 heterocycles. The van der Waals surface area contributed by atoms with Gasteiger partial charge in [-0.05, 0) is 166 Å². The number of rotatable bonds is 6. The third kappa shape index (κ3) is 7.26. The van der Waals surface area contributed by atoms with Gasteiger partial charge in [0.25, 0.3) is 0 Å². The number of aliphatic hydroxyl groups is 1. The van der Waals surface area contributed by atoms with E-state index in [1.54, 1.807) is 13.0 Å². The highest BCUT2D eigenvalue weighted by Gasteiger charge is 2.69. The Balaban J connectivity index is 0.00000103. The predicted molar refractivity (Wildman–Crippen MR) is 214 cm³/mol. The van der Waals surface area contributed by atoms with Crippen molar-refractivity contribution in [3.05, 3.63) is 36.0 Å². The number of nitrogens with one attached hydrogen (secondary N) is 1. The van der Waals surface area contributed by atoms with Gasteiger partial charge in [0.05, 0.1) is 18.7 Å². The second kappa shape index (κ2) is 15.9. The molecule has 9 atom stereocenters. The molecule has 6 nitrogen and oxygen atoms in total. The Morgan fingerprint density at radius 1 is 0.906 bits per heavy atom. The number of carbonyl (C=O) groups is 2. The second-order valence-corrected chi connectivity index (χ2v) is 19.7. The van der Waals surface area contributed by atoms with Gasteiger partial charge in [0, 0.05) is 25.6 Å². The third-order valence-electron chi connectivity index (χ3n) is 17.3. The molecular weight excluding hydrogens is 664 g/mol. The smallest absolute Gasteiger partial charge is 0.306 e. The van der Waals surface area contributed by atoms with Crippen LogP contribution < -0.4 is 5.32 Å². The Labute approximate surface area is 321 Å². The molecule has 0 spiro atoms. The first-order valence-electron chi connectivity index (χ1n) is 21.3. The van der Waals surface area contributed by atoms with Crippen molar-refractivity contribution in [1.82, 2.24) is 10.2 Å². The van der Waals surface area contributed by atoms with E-state index < -0.39 is 11.6 Å². The van der Waals surface area contributed by atoms with Crippen molar-refractivity contribution in [3.63, 3.8) is 0 Å². The number of fused-ring (bicyclic) bond motifs is 7. The van der Waals surface area contributed by atoms with Gasteiger partial charge in [-0.15, -0.1) is 6.58 Å². The minimum Gasteiger partial charge on any atom is -0.481 e. The Bertz CT molecular complexity index is 1410. The van der Waals surface area contributed by atoms with Crippen LogP contribution in [0.2, 0.25) is 0 Å². The van der Waals surface area contributed by atoms with Gasteiger partial charge in [0.2, 0.25) is 5.91 Å². The molecule has 0 aromatic heterocycles. The Kier molecular flexibility index (Phi) is 12.6. The van der Waals surface area contributed by atoms with Crippen LogP contribution in [0.3, 0.4) is 0 Å². The number of piperidine rings is 1. The van der Waals surface area contributed by atoms with E-state index in [1.165, 1.54) is 75.4 Å². The molecule has 0 bridgehead atoms. The van der Waals surface area contributed by atoms with E-state index in [0.717, 1.165) is 43.6 Å². The van der Waals surface area contributed by atoms with Crippen molar-refractivity contribution in [2.45, 2.75) is 162 Å². The molecule has 7 rings (SSSR count). The summed E-state index contributed by atoms with van der Waals surface area (Å²) in [6.45, 7) is 22.3. The van der Waals surface area contributed by atoms with Crippen LogP contribution in [0.4, 0.5) is 4.39 Å². The maximum atomic E-state index is 11.8. The van der Waals surface area contributed by atoms with Crippen molar-refractivity contribution in [2.75, 3.05) is 26.8 Å². The lowest BCUT2D eigenvalue weighted by Crippen LogP contribution is -2.67. The lowest BCUT2D eigenvalue weighted by Gasteiger charge is -2.72. The number of aliphatic carboxylic acids is 1. The molecule has 1 aliphatic heterocycles. The number of likely N-dealkylation sites (tertiary alicyclic amines) is 1. The molecule has 7 heteroatoms. The van der Waals surface area contributed by atoms with Gasteiger partial charge in [0.1, 0.15) is 0 Å². The molecular formula is C46H75FN2O4. The summed E-state index contributed by atoms with van der Waals surface area (Å²) in [4.78, 5) is 25.4. The molecule has 7 aliphatic rings. The number of amides is 1. The summed E-state index contributed by atoms with van der Waals surface area (Å²) in [5, 5.41) is 25.1. The average Bonchev–Trinajstić information content (AvgIpc) is 3.54. The molecule has 0 aromatic rings. The van der Waals surface area contributed by atoms with Crippen molar-refractivity contribution < 1.29 is 24.2 Å². The zero-order valence-electron chi connectivity index (χ0n) is 34.8. The SMILES string of the molecule is C=CC.CC(=O)N1CCC(O)(CCNC23CCCC2C2CCC4C5(C)CC=C(C6=CCC(C(=O)O)CC6)C(C)(C)C5CCC4(C)[C@]2(C)CC3)CC1.CF. The van der Waals surface area contributed by atoms with Gasteiger partial charge >= 0.3 is 5.97 Å². The van der Waals surface area contributed by atoms with Crippen LogP contribution in [0, 0.1) is 51.2 Å². The Hall–Kier alpha value is -1.99. The summed E-state index contributed by atoms with van der Waals surface area (Å²) in [5.74, 6) is 2.16. The van der Waals surface area contributed by atoms with Gasteiger partial charge in [-0.25, -0.2) is 0 Å². The van der Waals surface area contributed by atoms with Crippen LogP contribution in [0.25, 0.3) is 0 Å². The summed E-state index contributed by atoms with van der Waals surface area (Å²) in [7, 11) is 0.500. The van der Waals surface area contributed by atoms with Crippen LogP contribution >= 0.6 is 0 Å². The molecule has 0 radical (unpaired) electrons. The van der Waals surface area contributed by atoms with Crippen molar-refractivity contribution in [1.29, 1.82) is 0 Å². The number of hydrogen-bond acceptors (Lipinski definition) is 4. The van der Waals surface area contributed by atoms with Gasteiger partial charge < -0.3 is 20.4 Å². The fourth-order valence-electron chi connectivity index (χ4n) is 14.4. The molecule has 53 heavy (non-hydrogen) atoms. The molecule has 0 aromatic carbocycles. The molecule has 1 saturated heterocycles. The zero-order valence-corrected chi connectivity index (χ0v) is 34.8. The van der Waals surface area contributed by atoms with Crippen LogP contribution in [0.15, 0.2) is 36.0 Å². The first kappa shape index (κ1) is 42.2. The summed E-state index contributed by atoms with van der Waals surface area (Å²) in [6.07, 6.45) is 24.2. The molecule has 3 N–H and O–H groups in total. The summed E-state index contributed by atoms with van der Waals surface area (Å²) in [6, 6.07) is 0. The number of carbonyl (C=O) groups excluding carboxylic acids is 1. The van der Waals surface area contributed by atoms with Gasteiger partial charge in [-0.3, -0.25) is 14.0 Å². The molecule has 4 saturated carbocycles. The average molecular weight is 739 g/mol. The van der Waals surface area contributed by atoms with E-state index in [4.69, 9.17) is 0 Å². The standard InChI is InChI=1S/C42H66N2O4.C3H6.CH3F/c1-28(45)44-26-23-41(48,24-27-44)22-25-43-42-17-7-8-33(42)32-13-14-35-38(4)18-15-31(29-9-11-30(12-10-29)36(46)47)37(2,3)34(38)16-19-40(35,6)39(32,5)20-21-42;1-3-2;1-2/h9,15,30,32-35,43,48H,7-8,10-14,16-27H2,1-6H3,(H,46,47);3H,1H2,2H3;1H3/t30?,32?,33?,34?,35?,38?,39-,40?,42?;;/m1../s1. The molecule has 6 aliphatic carbocycles. The zero-order chi connectivity index (χ0) is 39.0. The van der Waals surface area contributed by atoms with Crippen molar-refractivity contribution >= 4 is 11.9 Å². The third-order valence-corrected chi connectivity index (χ3v) is 17.3. The molecule has 5 fully saturated rings. The number of carboxylic acid groups (broad SMARTS) is 1. The van der Waals surface area contributed by atoms with E-state index in [0.29, 0.717) is 61.7 Å². The largest absolute Gasteiger partial charge is 0.481 e. The van der Waals surface area contributed by atoms with Crippen LogP contribution in [0.1, 0.15) is 151 Å². The van der Waals surface area contributed by atoms with Gasteiger partial charge in [-0.2, -0.15) is 0 Å². The number of hydrogen-bond donors (Lipinski definition) is 3. The van der Waals surface area contributed by atoms with E-state index >= 15 is 0 Å². The first-order valence-corrected chi connectivity index (χ1v) is 21.3. The van der Waals surface area contributed by atoms with Crippen LogP contribution in [-0.2, 0) is 9.59 Å².